The summed E-state index contributed by atoms with van der Waals surface area (Å²) in [4.78, 5) is 0. The fraction of sp³-hybridized carbons (Fsp3) is 0.889. The number of nitrogens with two attached hydrogens (primary N) is 1. The van der Waals surface area contributed by atoms with Gasteiger partial charge in [0, 0.05) is 25.6 Å². The van der Waals surface area contributed by atoms with E-state index in [0.29, 0.717) is 6.61 Å². The van der Waals surface area contributed by atoms with Crippen LogP contribution < -0.4 is 15.2 Å². The van der Waals surface area contributed by atoms with Gasteiger partial charge >= 0.3 is 0 Å². The zero-order chi connectivity index (χ0) is 12.9. The first kappa shape index (κ1) is 14.4. The van der Waals surface area contributed by atoms with Crippen LogP contribution in [0, 0.1) is 11.3 Å². The fourth-order valence-corrected chi connectivity index (χ4v) is 3.11. The molecule has 0 radical (unpaired) electrons. The Morgan fingerprint density at radius 1 is 1.53 bits per heavy atom. The molecule has 5 N–H and O–H groups in total. The van der Waals surface area contributed by atoms with Gasteiger partial charge in [0.05, 0.1) is 12.4 Å². The SMILES string of the molecule is COCCNS(=O)(=O)NC1CCCC1C(=N)N. The summed E-state index contributed by atoms with van der Waals surface area (Å²) in [6.07, 6.45) is 2.37. The van der Waals surface area contributed by atoms with Gasteiger partial charge in [0.1, 0.15) is 0 Å². The van der Waals surface area contributed by atoms with Gasteiger partial charge in [0.25, 0.3) is 10.2 Å². The van der Waals surface area contributed by atoms with Crippen LogP contribution in [0.1, 0.15) is 19.3 Å². The second-order valence-electron chi connectivity index (χ2n) is 4.11. The molecular weight excluding hydrogens is 244 g/mol. The predicted molar refractivity (Wildman–Crippen MR) is 65.0 cm³/mol. The van der Waals surface area contributed by atoms with Gasteiger partial charge in [-0.1, -0.05) is 6.42 Å². The molecule has 100 valence electrons. The number of hydrogen-bond acceptors (Lipinski definition) is 4. The molecule has 1 fully saturated rings. The van der Waals surface area contributed by atoms with E-state index in [1.165, 1.54) is 7.11 Å². The quantitative estimate of drug-likeness (QED) is 0.272. The first-order valence-electron chi connectivity index (χ1n) is 5.56. The lowest BCUT2D eigenvalue weighted by atomic mass is 10.0. The molecule has 1 aliphatic rings. The number of amidine groups is 1. The first-order chi connectivity index (χ1) is 7.96. The Kier molecular flexibility index (Phi) is 5.31. The Labute approximate surface area is 102 Å². The molecule has 1 aliphatic carbocycles. The number of ether oxygens (including phenoxy) is 1. The second kappa shape index (κ2) is 6.29. The molecule has 8 heteroatoms. The highest BCUT2D eigenvalue weighted by Gasteiger charge is 2.32. The summed E-state index contributed by atoms with van der Waals surface area (Å²) < 4.78 is 32.9. The van der Waals surface area contributed by atoms with E-state index in [1.54, 1.807) is 0 Å². The lowest BCUT2D eigenvalue weighted by Crippen LogP contribution is -2.47. The van der Waals surface area contributed by atoms with Crippen molar-refractivity contribution in [2.45, 2.75) is 25.3 Å². The van der Waals surface area contributed by atoms with Crippen LogP contribution >= 0.6 is 0 Å². The average molecular weight is 264 g/mol. The van der Waals surface area contributed by atoms with Crippen molar-refractivity contribution in [2.24, 2.45) is 11.7 Å². The van der Waals surface area contributed by atoms with Crippen molar-refractivity contribution in [1.29, 1.82) is 5.41 Å². The highest BCUT2D eigenvalue weighted by Crippen LogP contribution is 2.25. The molecule has 17 heavy (non-hydrogen) atoms. The molecule has 1 rings (SSSR count). The zero-order valence-corrected chi connectivity index (χ0v) is 10.7. The van der Waals surface area contributed by atoms with E-state index in [1.807, 2.05) is 0 Å². The minimum atomic E-state index is -3.54. The van der Waals surface area contributed by atoms with E-state index < -0.39 is 10.2 Å². The molecule has 2 atom stereocenters. The van der Waals surface area contributed by atoms with Crippen LogP contribution in [-0.4, -0.2) is 40.6 Å². The summed E-state index contributed by atoms with van der Waals surface area (Å²) in [6.45, 7) is 0.547. The van der Waals surface area contributed by atoms with Gasteiger partial charge in [0.2, 0.25) is 0 Å². The van der Waals surface area contributed by atoms with Crippen molar-refractivity contribution in [3.8, 4) is 0 Å². The van der Waals surface area contributed by atoms with Gasteiger partial charge in [-0.25, -0.2) is 0 Å². The monoisotopic (exact) mass is 264 g/mol. The highest BCUT2D eigenvalue weighted by atomic mass is 32.2. The number of hydrogen-bond donors (Lipinski definition) is 4. The van der Waals surface area contributed by atoms with Crippen molar-refractivity contribution in [2.75, 3.05) is 20.3 Å². The van der Waals surface area contributed by atoms with Gasteiger partial charge in [-0.3, -0.25) is 5.41 Å². The molecule has 0 saturated heterocycles. The summed E-state index contributed by atoms with van der Waals surface area (Å²) >= 11 is 0. The van der Waals surface area contributed by atoms with E-state index in [2.05, 4.69) is 9.44 Å². The third-order valence-electron chi connectivity index (χ3n) is 2.82. The van der Waals surface area contributed by atoms with E-state index in [9.17, 15) is 8.42 Å². The van der Waals surface area contributed by atoms with Gasteiger partial charge in [0.15, 0.2) is 0 Å². The minimum absolute atomic E-state index is 0.0482. The Balaban J connectivity index is 2.49. The molecule has 0 aromatic rings. The molecule has 0 aromatic carbocycles. The largest absolute Gasteiger partial charge is 0.387 e. The maximum Gasteiger partial charge on any atom is 0.277 e. The van der Waals surface area contributed by atoms with Crippen LogP contribution in [0.25, 0.3) is 0 Å². The van der Waals surface area contributed by atoms with Crippen LogP contribution in [-0.2, 0) is 14.9 Å². The van der Waals surface area contributed by atoms with Crippen LogP contribution in [0.15, 0.2) is 0 Å². The fourth-order valence-electron chi connectivity index (χ4n) is 1.99. The van der Waals surface area contributed by atoms with Gasteiger partial charge in [-0.15, -0.1) is 0 Å². The Morgan fingerprint density at radius 3 is 2.82 bits per heavy atom. The molecular formula is C9H20N4O3S. The number of rotatable bonds is 7. The maximum absolute atomic E-state index is 11.6. The molecule has 1 saturated carbocycles. The predicted octanol–water partition coefficient (Wildman–Crippen LogP) is -0.839. The van der Waals surface area contributed by atoms with Crippen LogP contribution in [0.2, 0.25) is 0 Å². The van der Waals surface area contributed by atoms with Gasteiger partial charge in [-0.2, -0.15) is 17.9 Å². The Hall–Kier alpha value is -0.700. The normalized spacial score (nSPS) is 25.0. The average Bonchev–Trinajstić information content (AvgIpc) is 2.65. The summed E-state index contributed by atoms with van der Waals surface area (Å²) in [5, 5.41) is 7.40. The van der Waals surface area contributed by atoms with Crippen molar-refractivity contribution >= 4 is 16.0 Å². The van der Waals surface area contributed by atoms with Gasteiger partial charge < -0.3 is 10.5 Å². The zero-order valence-electron chi connectivity index (χ0n) is 9.90. The van der Waals surface area contributed by atoms with Crippen LogP contribution in [0.4, 0.5) is 0 Å². The van der Waals surface area contributed by atoms with E-state index in [0.717, 1.165) is 19.3 Å². The third-order valence-corrected chi connectivity index (χ3v) is 4.02. The van der Waals surface area contributed by atoms with Crippen LogP contribution in [0.5, 0.6) is 0 Å². The lowest BCUT2D eigenvalue weighted by molar-refractivity contribution is 0.204. The smallest absolute Gasteiger partial charge is 0.277 e. The lowest BCUT2D eigenvalue weighted by Gasteiger charge is -2.19. The molecule has 7 nitrogen and oxygen atoms in total. The first-order valence-corrected chi connectivity index (χ1v) is 7.04. The van der Waals surface area contributed by atoms with Crippen molar-refractivity contribution in [3.63, 3.8) is 0 Å². The maximum atomic E-state index is 11.6. The molecule has 0 bridgehead atoms. The third kappa shape index (κ3) is 4.58. The minimum Gasteiger partial charge on any atom is -0.387 e. The van der Waals surface area contributed by atoms with Gasteiger partial charge in [-0.05, 0) is 12.8 Å². The molecule has 0 heterocycles. The van der Waals surface area contributed by atoms with Crippen molar-refractivity contribution in [3.05, 3.63) is 0 Å². The summed E-state index contributed by atoms with van der Waals surface area (Å²) in [5.41, 5.74) is 5.44. The molecule has 0 amide bonds. The van der Waals surface area contributed by atoms with E-state index in [4.69, 9.17) is 15.9 Å². The van der Waals surface area contributed by atoms with Crippen molar-refractivity contribution in [1.82, 2.24) is 9.44 Å². The molecule has 0 spiro atoms. The Bertz CT molecular complexity index is 357. The highest BCUT2D eigenvalue weighted by molar-refractivity contribution is 7.87. The summed E-state index contributed by atoms with van der Waals surface area (Å²) in [7, 11) is -2.03. The van der Waals surface area contributed by atoms with Crippen molar-refractivity contribution < 1.29 is 13.2 Å². The standard InChI is InChI=1S/C9H20N4O3S/c1-16-6-5-12-17(14,15)13-8-4-2-3-7(8)9(10)11/h7-8,12-13H,2-6H2,1H3,(H3,10,11). The van der Waals surface area contributed by atoms with E-state index in [-0.39, 0.29) is 24.3 Å². The van der Waals surface area contributed by atoms with Crippen LogP contribution in [0.3, 0.4) is 0 Å². The number of methoxy groups -OCH3 is 1. The molecule has 0 aromatic heterocycles. The van der Waals surface area contributed by atoms with E-state index >= 15 is 0 Å². The second-order valence-corrected chi connectivity index (χ2v) is 5.64. The summed E-state index contributed by atoms with van der Waals surface area (Å²) in [5.74, 6) is -0.138. The topological polar surface area (TPSA) is 117 Å². The number of nitrogens with one attached hydrogen (secondary N) is 3. The summed E-state index contributed by atoms with van der Waals surface area (Å²) in [6, 6.07) is -0.271. The Morgan fingerprint density at radius 2 is 2.24 bits per heavy atom. The molecule has 0 aliphatic heterocycles. The molecule has 2 unspecified atom stereocenters.